The number of hydrogen-bond acceptors (Lipinski definition) is 5. The van der Waals surface area contributed by atoms with E-state index in [1.165, 1.54) is 12.8 Å². The van der Waals surface area contributed by atoms with Gasteiger partial charge in [0.05, 0.1) is 6.54 Å². The van der Waals surface area contributed by atoms with Gasteiger partial charge in [0, 0.05) is 30.6 Å². The van der Waals surface area contributed by atoms with Crippen LogP contribution < -0.4 is 10.9 Å². The van der Waals surface area contributed by atoms with Gasteiger partial charge in [0.2, 0.25) is 5.91 Å². The van der Waals surface area contributed by atoms with E-state index in [0.717, 1.165) is 36.6 Å². The maximum atomic E-state index is 13.1. The van der Waals surface area contributed by atoms with Gasteiger partial charge in [-0.2, -0.15) is 0 Å². The van der Waals surface area contributed by atoms with E-state index in [4.69, 9.17) is 0 Å². The minimum absolute atomic E-state index is 0.108. The van der Waals surface area contributed by atoms with Gasteiger partial charge in [0.1, 0.15) is 6.04 Å². The van der Waals surface area contributed by atoms with Crippen LogP contribution in [0.4, 0.5) is 0 Å². The largest absolute Gasteiger partial charge is 0.332 e. The maximum absolute atomic E-state index is 13.1. The lowest BCUT2D eigenvalue weighted by molar-refractivity contribution is -0.135. The first-order valence-corrected chi connectivity index (χ1v) is 9.58. The summed E-state index contributed by atoms with van der Waals surface area (Å²) in [5.74, 6) is 2.37. The number of benzene rings is 1. The molecule has 1 saturated carbocycles. The van der Waals surface area contributed by atoms with Crippen molar-refractivity contribution in [1.29, 1.82) is 0 Å². The highest BCUT2D eigenvalue weighted by atomic mass is 16.2. The number of nitrogens with one attached hydrogen (secondary N) is 2. The van der Waals surface area contributed by atoms with Gasteiger partial charge in [-0.05, 0) is 12.8 Å². The second kappa shape index (κ2) is 6.48. The molecule has 0 bridgehead atoms. The number of carbonyl (C=O) groups excluding carboxylic acids is 1. The third-order valence-corrected chi connectivity index (χ3v) is 6.03. The Morgan fingerprint density at radius 1 is 1.04 bits per heavy atom. The second-order valence-corrected chi connectivity index (χ2v) is 7.54. The zero-order valence-electron chi connectivity index (χ0n) is 14.8. The van der Waals surface area contributed by atoms with Crippen molar-refractivity contribution in [3.8, 4) is 11.4 Å². The topological polar surface area (TPSA) is 75.1 Å². The van der Waals surface area contributed by atoms with Crippen LogP contribution in [0.3, 0.4) is 0 Å². The van der Waals surface area contributed by atoms with Crippen LogP contribution in [-0.4, -0.2) is 44.2 Å². The molecule has 2 aromatic rings. The Kier molecular flexibility index (Phi) is 3.98. The molecule has 26 heavy (non-hydrogen) atoms. The highest BCUT2D eigenvalue weighted by Gasteiger charge is 2.43. The van der Waals surface area contributed by atoms with Crippen molar-refractivity contribution in [1.82, 2.24) is 30.5 Å². The molecule has 7 heteroatoms. The molecule has 1 aromatic carbocycles. The van der Waals surface area contributed by atoms with Crippen molar-refractivity contribution in [3.05, 3.63) is 36.2 Å². The molecule has 3 heterocycles. The molecule has 1 amide bonds. The van der Waals surface area contributed by atoms with Gasteiger partial charge in [0.15, 0.2) is 11.6 Å². The normalized spacial score (nSPS) is 27.8. The van der Waals surface area contributed by atoms with Crippen LogP contribution in [0.1, 0.15) is 31.5 Å². The highest BCUT2D eigenvalue weighted by molar-refractivity contribution is 5.82. The summed E-state index contributed by atoms with van der Waals surface area (Å²) < 4.78 is 2.14. The molecule has 3 atom stereocenters. The third-order valence-electron chi connectivity index (χ3n) is 6.03. The van der Waals surface area contributed by atoms with Crippen LogP contribution in [0, 0.1) is 5.92 Å². The van der Waals surface area contributed by atoms with Crippen LogP contribution in [0.5, 0.6) is 0 Å². The van der Waals surface area contributed by atoms with Crippen LogP contribution >= 0.6 is 0 Å². The summed E-state index contributed by atoms with van der Waals surface area (Å²) in [5, 5.41) is 8.73. The molecule has 2 N–H and O–H groups in total. The van der Waals surface area contributed by atoms with Gasteiger partial charge in [-0.3, -0.25) is 10.2 Å². The van der Waals surface area contributed by atoms with Gasteiger partial charge in [-0.15, -0.1) is 10.2 Å². The minimum atomic E-state index is -0.108. The number of nitrogens with zero attached hydrogens (tertiary/aromatic N) is 4. The molecule has 7 nitrogen and oxygen atoms in total. The van der Waals surface area contributed by atoms with Gasteiger partial charge >= 0.3 is 0 Å². The summed E-state index contributed by atoms with van der Waals surface area (Å²) in [4.78, 5) is 15.0. The molecule has 1 aliphatic carbocycles. The number of hydrazine groups is 1. The summed E-state index contributed by atoms with van der Waals surface area (Å²) in [7, 11) is 0. The molecule has 0 spiro atoms. The van der Waals surface area contributed by atoms with E-state index in [0.29, 0.717) is 25.0 Å². The van der Waals surface area contributed by atoms with Crippen LogP contribution in [0.2, 0.25) is 0 Å². The lowest BCUT2D eigenvalue weighted by atomic mass is 9.81. The Morgan fingerprint density at radius 3 is 2.77 bits per heavy atom. The van der Waals surface area contributed by atoms with E-state index in [1.54, 1.807) is 0 Å². The molecule has 3 unspecified atom stereocenters. The average Bonchev–Trinajstić information content (AvgIpc) is 3.32. The SMILES string of the molecule is O=C(C1NNC2CCCCC21)N1CCn2c(nnc2-c2ccccc2)C1. The number of aromatic nitrogens is 3. The molecule has 1 saturated heterocycles. The zero-order valence-corrected chi connectivity index (χ0v) is 14.8. The van der Waals surface area contributed by atoms with E-state index in [2.05, 4.69) is 25.6 Å². The van der Waals surface area contributed by atoms with Gasteiger partial charge in [0.25, 0.3) is 0 Å². The third kappa shape index (κ3) is 2.62. The highest BCUT2D eigenvalue weighted by Crippen LogP contribution is 2.31. The van der Waals surface area contributed by atoms with Crippen molar-refractivity contribution < 1.29 is 4.79 Å². The first-order chi connectivity index (χ1) is 12.8. The molecular weight excluding hydrogens is 328 g/mol. The van der Waals surface area contributed by atoms with Crippen molar-refractivity contribution in [2.45, 2.75) is 50.9 Å². The second-order valence-electron chi connectivity index (χ2n) is 7.54. The van der Waals surface area contributed by atoms with Crippen molar-refractivity contribution >= 4 is 5.91 Å². The number of rotatable bonds is 2. The maximum Gasteiger partial charge on any atom is 0.241 e. The number of fused-ring (bicyclic) bond motifs is 2. The lowest BCUT2D eigenvalue weighted by Gasteiger charge is -2.33. The Bertz CT molecular complexity index is 804. The van der Waals surface area contributed by atoms with Gasteiger partial charge < -0.3 is 9.47 Å². The van der Waals surface area contributed by atoms with E-state index in [1.807, 2.05) is 35.2 Å². The van der Waals surface area contributed by atoms with Gasteiger partial charge in [-0.1, -0.05) is 43.2 Å². The van der Waals surface area contributed by atoms with Gasteiger partial charge in [-0.25, -0.2) is 5.43 Å². The Hall–Kier alpha value is -2.25. The quantitative estimate of drug-likeness (QED) is 0.853. The smallest absolute Gasteiger partial charge is 0.241 e. The minimum Gasteiger partial charge on any atom is -0.332 e. The van der Waals surface area contributed by atoms with E-state index >= 15 is 0 Å². The van der Waals surface area contributed by atoms with E-state index in [9.17, 15) is 4.79 Å². The number of amides is 1. The van der Waals surface area contributed by atoms with Crippen molar-refractivity contribution in [2.24, 2.45) is 5.92 Å². The molecule has 2 fully saturated rings. The summed E-state index contributed by atoms with van der Waals surface area (Å²) in [6, 6.07) is 10.4. The Morgan fingerprint density at radius 2 is 1.88 bits per heavy atom. The molecule has 0 radical (unpaired) electrons. The predicted molar refractivity (Wildman–Crippen MR) is 96.7 cm³/mol. The van der Waals surface area contributed by atoms with Crippen LogP contribution in [-0.2, 0) is 17.9 Å². The first-order valence-electron chi connectivity index (χ1n) is 9.58. The van der Waals surface area contributed by atoms with Crippen molar-refractivity contribution in [3.63, 3.8) is 0 Å². The fourth-order valence-electron chi connectivity index (χ4n) is 4.63. The van der Waals surface area contributed by atoms with Crippen LogP contribution in [0.25, 0.3) is 11.4 Å². The summed E-state index contributed by atoms with van der Waals surface area (Å²) in [5.41, 5.74) is 7.68. The average molecular weight is 352 g/mol. The zero-order chi connectivity index (χ0) is 17.5. The van der Waals surface area contributed by atoms with Crippen LogP contribution in [0.15, 0.2) is 30.3 Å². The molecule has 136 valence electrons. The molecule has 5 rings (SSSR count). The Balaban J connectivity index is 1.33. The molecular formula is C19H24N6O. The first kappa shape index (κ1) is 16.0. The summed E-state index contributed by atoms with van der Waals surface area (Å²) >= 11 is 0. The molecule has 1 aromatic heterocycles. The van der Waals surface area contributed by atoms with E-state index in [-0.39, 0.29) is 11.9 Å². The summed E-state index contributed by atoms with van der Waals surface area (Å²) in [6.45, 7) is 1.99. The lowest BCUT2D eigenvalue weighted by Crippen LogP contribution is -2.50. The fourth-order valence-corrected chi connectivity index (χ4v) is 4.63. The summed E-state index contributed by atoms with van der Waals surface area (Å²) in [6.07, 6.45) is 4.77. The molecule has 2 aliphatic heterocycles. The van der Waals surface area contributed by atoms with E-state index < -0.39 is 0 Å². The monoisotopic (exact) mass is 352 g/mol. The predicted octanol–water partition coefficient (Wildman–Crippen LogP) is 1.32. The number of hydrogen-bond donors (Lipinski definition) is 2. The number of carbonyl (C=O) groups is 1. The van der Waals surface area contributed by atoms with Crippen molar-refractivity contribution in [2.75, 3.05) is 6.54 Å². The fraction of sp³-hybridized carbons (Fsp3) is 0.526. The Labute approximate surface area is 152 Å². The standard InChI is InChI=1S/C19H24N6O/c26-19(17-14-8-4-5-9-15(14)20-22-17)24-10-11-25-16(12-24)21-23-18(25)13-6-2-1-3-7-13/h1-3,6-7,14-15,17,20,22H,4-5,8-12H2. The molecule has 3 aliphatic rings.